The molecule has 1 unspecified atom stereocenters. The van der Waals surface area contributed by atoms with E-state index in [4.69, 9.17) is 9.47 Å². The summed E-state index contributed by atoms with van der Waals surface area (Å²) in [4.78, 5) is 6.64. The largest absolute Gasteiger partial charge is 0.497 e. The number of ether oxygens (including phenoxy) is 2. The van der Waals surface area contributed by atoms with E-state index in [1.807, 2.05) is 62.2 Å². The summed E-state index contributed by atoms with van der Waals surface area (Å²) in [5, 5.41) is 13.7. The predicted octanol–water partition coefficient (Wildman–Crippen LogP) is 3.84. The van der Waals surface area contributed by atoms with Gasteiger partial charge in [0.05, 0.1) is 26.4 Å². The van der Waals surface area contributed by atoms with Gasteiger partial charge in [-0.1, -0.05) is 24.3 Å². The highest BCUT2D eigenvalue weighted by Crippen LogP contribution is 2.18. The fraction of sp³-hybridized carbons (Fsp3) is 0.409. The van der Waals surface area contributed by atoms with Crippen LogP contribution in [0.25, 0.3) is 0 Å². The van der Waals surface area contributed by atoms with Gasteiger partial charge in [0.2, 0.25) is 0 Å². The van der Waals surface area contributed by atoms with E-state index in [0.29, 0.717) is 13.2 Å². The molecule has 2 aromatic carbocycles. The lowest BCUT2D eigenvalue weighted by Gasteiger charge is -2.23. The first-order valence-electron chi connectivity index (χ1n) is 9.60. The Morgan fingerprint density at radius 1 is 1.07 bits per heavy atom. The van der Waals surface area contributed by atoms with E-state index in [0.717, 1.165) is 35.1 Å². The molecule has 6 nitrogen and oxygen atoms in total. The SMILES string of the molecule is CCNC(=NCC(O)c1ccc(OC)cc1)N(C)Cc1ccc(OCC)cc1.I. The van der Waals surface area contributed by atoms with Crippen molar-refractivity contribution in [2.45, 2.75) is 26.5 Å². The quantitative estimate of drug-likeness (QED) is 0.303. The highest BCUT2D eigenvalue weighted by Gasteiger charge is 2.11. The fourth-order valence-corrected chi connectivity index (χ4v) is 2.78. The average Bonchev–Trinajstić information content (AvgIpc) is 2.72. The highest BCUT2D eigenvalue weighted by atomic mass is 127. The number of aliphatic imine (C=N–C) groups is 1. The monoisotopic (exact) mass is 513 g/mol. The molecule has 1 atom stereocenters. The van der Waals surface area contributed by atoms with Crippen molar-refractivity contribution in [1.29, 1.82) is 0 Å². The van der Waals surface area contributed by atoms with Crippen LogP contribution in [0.5, 0.6) is 11.5 Å². The van der Waals surface area contributed by atoms with Crippen LogP contribution in [0.15, 0.2) is 53.5 Å². The second-order valence-electron chi connectivity index (χ2n) is 6.42. The number of nitrogens with one attached hydrogen (secondary N) is 1. The number of hydrogen-bond acceptors (Lipinski definition) is 4. The molecule has 0 spiro atoms. The van der Waals surface area contributed by atoms with Gasteiger partial charge in [-0.25, -0.2) is 0 Å². The summed E-state index contributed by atoms with van der Waals surface area (Å²) in [5.41, 5.74) is 1.97. The van der Waals surface area contributed by atoms with Crippen molar-refractivity contribution in [3.63, 3.8) is 0 Å². The number of nitrogens with zero attached hydrogens (tertiary/aromatic N) is 2. The van der Waals surface area contributed by atoms with Crippen molar-refractivity contribution in [3.05, 3.63) is 59.7 Å². The molecule has 2 N–H and O–H groups in total. The molecule has 0 amide bonds. The number of hydrogen-bond donors (Lipinski definition) is 2. The molecule has 7 heteroatoms. The highest BCUT2D eigenvalue weighted by molar-refractivity contribution is 14.0. The number of aliphatic hydroxyl groups is 1. The van der Waals surface area contributed by atoms with Crippen LogP contribution in [-0.2, 0) is 6.54 Å². The van der Waals surface area contributed by atoms with Crippen LogP contribution < -0.4 is 14.8 Å². The van der Waals surface area contributed by atoms with Crippen LogP contribution >= 0.6 is 24.0 Å². The Hall–Kier alpha value is -2.00. The van der Waals surface area contributed by atoms with Gasteiger partial charge >= 0.3 is 0 Å². The maximum atomic E-state index is 10.4. The zero-order valence-corrected chi connectivity index (χ0v) is 19.9. The topological polar surface area (TPSA) is 66.3 Å². The number of guanidine groups is 1. The van der Waals surface area contributed by atoms with E-state index >= 15 is 0 Å². The van der Waals surface area contributed by atoms with Gasteiger partial charge in [0.1, 0.15) is 11.5 Å². The summed E-state index contributed by atoms with van der Waals surface area (Å²) in [6.07, 6.45) is -0.668. The lowest BCUT2D eigenvalue weighted by Crippen LogP contribution is -2.38. The molecule has 29 heavy (non-hydrogen) atoms. The Morgan fingerprint density at radius 3 is 2.24 bits per heavy atom. The van der Waals surface area contributed by atoms with Gasteiger partial charge in [-0.3, -0.25) is 4.99 Å². The van der Waals surface area contributed by atoms with Crippen LogP contribution in [-0.4, -0.2) is 49.8 Å². The van der Waals surface area contributed by atoms with E-state index in [2.05, 4.69) is 22.4 Å². The van der Waals surface area contributed by atoms with Crippen molar-refractivity contribution in [2.24, 2.45) is 4.99 Å². The zero-order chi connectivity index (χ0) is 20.4. The Labute approximate surface area is 191 Å². The molecule has 2 rings (SSSR count). The van der Waals surface area contributed by atoms with Crippen molar-refractivity contribution in [2.75, 3.05) is 33.9 Å². The molecule has 2 aromatic rings. The molecule has 0 radical (unpaired) electrons. The minimum absolute atomic E-state index is 0. The molecule has 160 valence electrons. The van der Waals surface area contributed by atoms with Crippen molar-refractivity contribution in [3.8, 4) is 11.5 Å². The summed E-state index contributed by atoms with van der Waals surface area (Å²) in [5.74, 6) is 2.39. The second kappa shape index (κ2) is 13.3. The Bertz CT molecular complexity index is 736. The van der Waals surface area contributed by atoms with Gasteiger partial charge in [-0.2, -0.15) is 0 Å². The molecule has 0 fully saturated rings. The van der Waals surface area contributed by atoms with Gasteiger partial charge in [0.15, 0.2) is 5.96 Å². The average molecular weight is 513 g/mol. The summed E-state index contributed by atoms with van der Waals surface area (Å²) in [6, 6.07) is 15.4. The van der Waals surface area contributed by atoms with Gasteiger partial charge in [-0.05, 0) is 49.2 Å². The molecule has 0 aliphatic heterocycles. The van der Waals surface area contributed by atoms with Gasteiger partial charge in [0, 0.05) is 20.1 Å². The summed E-state index contributed by atoms with van der Waals surface area (Å²) in [6.45, 7) is 6.40. The van der Waals surface area contributed by atoms with E-state index in [-0.39, 0.29) is 30.5 Å². The molecule has 0 aliphatic rings. The standard InChI is InChI=1S/C22H31N3O3.HI/c1-5-23-22(24-15-21(26)18-9-13-19(27-4)14-10-18)25(3)16-17-7-11-20(12-8-17)28-6-2;/h7-14,21,26H,5-6,15-16H2,1-4H3,(H,23,24);1H. The molecule has 0 saturated carbocycles. The third kappa shape index (κ3) is 8.10. The predicted molar refractivity (Wildman–Crippen MR) is 128 cm³/mol. The number of benzene rings is 2. The van der Waals surface area contributed by atoms with Gasteiger partial charge in [0.25, 0.3) is 0 Å². The third-order valence-electron chi connectivity index (χ3n) is 4.27. The van der Waals surface area contributed by atoms with Crippen LogP contribution in [0.4, 0.5) is 0 Å². The molecular weight excluding hydrogens is 481 g/mol. The maximum Gasteiger partial charge on any atom is 0.194 e. The smallest absolute Gasteiger partial charge is 0.194 e. The lowest BCUT2D eigenvalue weighted by atomic mass is 10.1. The Kier molecular flexibility index (Phi) is 11.5. The minimum Gasteiger partial charge on any atom is -0.497 e. The van der Waals surface area contributed by atoms with E-state index in [1.54, 1.807) is 7.11 Å². The summed E-state index contributed by atoms with van der Waals surface area (Å²) in [7, 11) is 3.61. The summed E-state index contributed by atoms with van der Waals surface area (Å²) >= 11 is 0. The first-order chi connectivity index (χ1) is 13.6. The van der Waals surface area contributed by atoms with Gasteiger partial charge < -0.3 is 24.8 Å². The Balaban J connectivity index is 0.00000420. The summed E-state index contributed by atoms with van der Waals surface area (Å²) < 4.78 is 10.6. The van der Waals surface area contributed by atoms with Crippen LogP contribution in [0, 0.1) is 0 Å². The number of aliphatic hydroxyl groups excluding tert-OH is 1. The first kappa shape index (κ1) is 25.0. The van der Waals surface area contributed by atoms with E-state index in [1.165, 1.54) is 0 Å². The Morgan fingerprint density at radius 2 is 1.69 bits per heavy atom. The van der Waals surface area contributed by atoms with E-state index in [9.17, 15) is 5.11 Å². The van der Waals surface area contributed by atoms with Crippen LogP contribution in [0.2, 0.25) is 0 Å². The number of halogens is 1. The van der Waals surface area contributed by atoms with E-state index < -0.39 is 6.10 Å². The molecular formula is C22H32IN3O3. The molecule has 0 heterocycles. The molecule has 0 aliphatic carbocycles. The second-order valence-corrected chi connectivity index (χ2v) is 6.42. The van der Waals surface area contributed by atoms with Crippen LogP contribution in [0.1, 0.15) is 31.1 Å². The lowest BCUT2D eigenvalue weighted by molar-refractivity contribution is 0.186. The molecule has 0 saturated heterocycles. The van der Waals surface area contributed by atoms with Gasteiger partial charge in [-0.15, -0.1) is 24.0 Å². The normalized spacial score (nSPS) is 12.0. The number of methoxy groups -OCH3 is 1. The molecule has 0 bridgehead atoms. The van der Waals surface area contributed by atoms with Crippen molar-refractivity contribution in [1.82, 2.24) is 10.2 Å². The molecule has 0 aromatic heterocycles. The first-order valence-corrected chi connectivity index (χ1v) is 9.60. The van der Waals surface area contributed by atoms with Crippen LogP contribution in [0.3, 0.4) is 0 Å². The van der Waals surface area contributed by atoms with Crippen molar-refractivity contribution >= 4 is 29.9 Å². The van der Waals surface area contributed by atoms with Crippen molar-refractivity contribution < 1.29 is 14.6 Å². The third-order valence-corrected chi connectivity index (χ3v) is 4.27. The maximum absolute atomic E-state index is 10.4. The number of rotatable bonds is 9. The zero-order valence-electron chi connectivity index (χ0n) is 17.6. The minimum atomic E-state index is -0.668. The fourth-order valence-electron chi connectivity index (χ4n) is 2.78.